The summed E-state index contributed by atoms with van der Waals surface area (Å²) in [5.41, 5.74) is -0.146. The van der Waals surface area contributed by atoms with E-state index < -0.39 is 0 Å². The van der Waals surface area contributed by atoms with Gasteiger partial charge in [-0.3, -0.25) is 9.69 Å². The van der Waals surface area contributed by atoms with Crippen LogP contribution in [0, 0.1) is 5.41 Å². The first-order valence-electron chi connectivity index (χ1n) is 8.84. The van der Waals surface area contributed by atoms with Gasteiger partial charge >= 0.3 is 0 Å². The van der Waals surface area contributed by atoms with Crippen LogP contribution in [0.2, 0.25) is 0 Å². The summed E-state index contributed by atoms with van der Waals surface area (Å²) >= 11 is 0. The number of imidazole rings is 1. The second-order valence-electron chi connectivity index (χ2n) is 7.19. The molecule has 1 amide bonds. The van der Waals surface area contributed by atoms with E-state index in [0.717, 1.165) is 71.6 Å². The van der Waals surface area contributed by atoms with Gasteiger partial charge in [0, 0.05) is 51.2 Å². The molecular formula is C17H26N4O2. The van der Waals surface area contributed by atoms with E-state index in [1.807, 2.05) is 17.1 Å². The van der Waals surface area contributed by atoms with Crippen molar-refractivity contribution < 1.29 is 9.53 Å². The van der Waals surface area contributed by atoms with Crippen molar-refractivity contribution in [2.24, 2.45) is 5.41 Å². The van der Waals surface area contributed by atoms with Gasteiger partial charge in [0.25, 0.3) is 0 Å². The van der Waals surface area contributed by atoms with Crippen LogP contribution in [0.25, 0.3) is 0 Å². The van der Waals surface area contributed by atoms with Gasteiger partial charge in [-0.2, -0.15) is 0 Å². The second kappa shape index (κ2) is 6.24. The van der Waals surface area contributed by atoms with Crippen molar-refractivity contribution in [1.29, 1.82) is 0 Å². The number of hydrogen-bond donors (Lipinski definition) is 0. The van der Waals surface area contributed by atoms with Gasteiger partial charge in [0.2, 0.25) is 5.91 Å². The minimum absolute atomic E-state index is 0.146. The highest BCUT2D eigenvalue weighted by molar-refractivity contribution is 5.85. The SMILES string of the molecule is O=C(N1CCC(N2CCOCC2)CC1)C1(Cn2ccnc2)CC1. The summed E-state index contributed by atoms with van der Waals surface area (Å²) in [6, 6.07) is 0.631. The average molecular weight is 318 g/mol. The lowest BCUT2D eigenvalue weighted by Gasteiger charge is -2.41. The number of carbonyl (C=O) groups excluding carboxylic acids is 1. The molecule has 23 heavy (non-hydrogen) atoms. The Morgan fingerprint density at radius 3 is 2.52 bits per heavy atom. The predicted molar refractivity (Wildman–Crippen MR) is 85.9 cm³/mol. The molecule has 0 aromatic carbocycles. The standard InChI is InChI=1S/C17H26N4O2/c22-16(17(3-4-17)13-19-8-5-18-14-19)21-6-1-15(2-7-21)20-9-11-23-12-10-20/h5,8,14-15H,1-4,6-7,9-13H2. The molecule has 3 aliphatic rings. The van der Waals surface area contributed by atoms with Gasteiger partial charge in [-0.15, -0.1) is 0 Å². The number of likely N-dealkylation sites (tertiary alicyclic amines) is 1. The second-order valence-corrected chi connectivity index (χ2v) is 7.19. The Balaban J connectivity index is 1.32. The smallest absolute Gasteiger partial charge is 0.230 e. The molecule has 126 valence electrons. The molecule has 1 aliphatic carbocycles. The number of rotatable bonds is 4. The van der Waals surface area contributed by atoms with Crippen LogP contribution in [0.15, 0.2) is 18.7 Å². The van der Waals surface area contributed by atoms with Gasteiger partial charge in [0.15, 0.2) is 0 Å². The van der Waals surface area contributed by atoms with Gasteiger partial charge in [-0.05, 0) is 25.7 Å². The number of hydrogen-bond acceptors (Lipinski definition) is 4. The monoisotopic (exact) mass is 318 g/mol. The molecule has 1 aromatic rings. The van der Waals surface area contributed by atoms with Crippen LogP contribution < -0.4 is 0 Å². The molecule has 1 aromatic heterocycles. The Kier molecular flexibility index (Phi) is 4.11. The third kappa shape index (κ3) is 3.15. The van der Waals surface area contributed by atoms with Crippen molar-refractivity contribution in [3.8, 4) is 0 Å². The lowest BCUT2D eigenvalue weighted by atomic mass is 9.99. The Morgan fingerprint density at radius 1 is 1.17 bits per heavy atom. The van der Waals surface area contributed by atoms with E-state index in [-0.39, 0.29) is 5.41 Å². The minimum Gasteiger partial charge on any atom is -0.379 e. The fourth-order valence-electron chi connectivity index (χ4n) is 4.03. The summed E-state index contributed by atoms with van der Waals surface area (Å²) < 4.78 is 7.49. The normalized spacial score (nSPS) is 25.5. The highest BCUT2D eigenvalue weighted by atomic mass is 16.5. The van der Waals surface area contributed by atoms with Crippen LogP contribution in [0.1, 0.15) is 25.7 Å². The zero-order valence-electron chi connectivity index (χ0n) is 13.7. The maximum atomic E-state index is 13.0. The molecule has 0 radical (unpaired) electrons. The van der Waals surface area contributed by atoms with E-state index in [1.54, 1.807) is 6.20 Å². The third-order valence-electron chi connectivity index (χ3n) is 5.67. The van der Waals surface area contributed by atoms with Crippen LogP contribution in [0.5, 0.6) is 0 Å². The van der Waals surface area contributed by atoms with E-state index in [1.165, 1.54) is 0 Å². The zero-order valence-corrected chi connectivity index (χ0v) is 13.7. The lowest BCUT2D eigenvalue weighted by molar-refractivity contribution is -0.139. The largest absolute Gasteiger partial charge is 0.379 e. The van der Waals surface area contributed by atoms with Gasteiger partial charge in [0.1, 0.15) is 0 Å². The number of carbonyl (C=O) groups is 1. The van der Waals surface area contributed by atoms with Crippen LogP contribution in [0.3, 0.4) is 0 Å². The van der Waals surface area contributed by atoms with Crippen molar-refractivity contribution in [3.63, 3.8) is 0 Å². The van der Waals surface area contributed by atoms with E-state index in [2.05, 4.69) is 14.8 Å². The molecule has 4 rings (SSSR count). The Morgan fingerprint density at radius 2 is 1.91 bits per heavy atom. The highest BCUT2D eigenvalue weighted by Gasteiger charge is 2.52. The number of ether oxygens (including phenoxy) is 1. The number of nitrogens with zero attached hydrogens (tertiary/aromatic N) is 4. The Hall–Kier alpha value is -1.40. The molecule has 3 fully saturated rings. The van der Waals surface area contributed by atoms with E-state index in [9.17, 15) is 4.79 Å². The molecule has 1 saturated carbocycles. The predicted octanol–water partition coefficient (Wildman–Crippen LogP) is 0.987. The van der Waals surface area contributed by atoms with Crippen molar-refractivity contribution >= 4 is 5.91 Å². The average Bonchev–Trinajstić information content (AvgIpc) is 3.21. The molecule has 0 atom stereocenters. The van der Waals surface area contributed by atoms with Gasteiger partial charge in [-0.25, -0.2) is 4.98 Å². The summed E-state index contributed by atoms with van der Waals surface area (Å²) in [6.45, 7) is 6.40. The van der Waals surface area contributed by atoms with Crippen LogP contribution in [0.4, 0.5) is 0 Å². The molecule has 6 nitrogen and oxygen atoms in total. The number of piperidine rings is 1. The van der Waals surface area contributed by atoms with E-state index >= 15 is 0 Å². The first-order chi connectivity index (χ1) is 11.3. The zero-order chi connectivity index (χ0) is 15.7. The fourth-order valence-corrected chi connectivity index (χ4v) is 4.03. The molecule has 3 heterocycles. The summed E-state index contributed by atoms with van der Waals surface area (Å²) in [5.74, 6) is 0.367. The molecule has 0 unspecified atom stereocenters. The number of morpholine rings is 1. The van der Waals surface area contributed by atoms with E-state index in [4.69, 9.17) is 4.74 Å². The van der Waals surface area contributed by atoms with Crippen molar-refractivity contribution in [3.05, 3.63) is 18.7 Å². The van der Waals surface area contributed by atoms with E-state index in [0.29, 0.717) is 11.9 Å². The van der Waals surface area contributed by atoms with Crippen LogP contribution in [-0.2, 0) is 16.1 Å². The first-order valence-corrected chi connectivity index (χ1v) is 8.84. The maximum absolute atomic E-state index is 13.0. The Labute approximate surface area is 137 Å². The maximum Gasteiger partial charge on any atom is 0.230 e. The third-order valence-corrected chi connectivity index (χ3v) is 5.67. The molecule has 2 aliphatic heterocycles. The number of aromatic nitrogens is 2. The van der Waals surface area contributed by atoms with Gasteiger partial charge in [-0.1, -0.05) is 0 Å². The summed E-state index contributed by atoms with van der Waals surface area (Å²) in [6.07, 6.45) is 9.81. The van der Waals surface area contributed by atoms with Gasteiger partial charge < -0.3 is 14.2 Å². The Bertz CT molecular complexity index is 527. The molecule has 0 N–H and O–H groups in total. The van der Waals surface area contributed by atoms with Crippen LogP contribution >= 0.6 is 0 Å². The molecule has 2 saturated heterocycles. The molecule has 0 bridgehead atoms. The summed E-state index contributed by atoms with van der Waals surface area (Å²) in [4.78, 5) is 21.7. The quantitative estimate of drug-likeness (QED) is 0.831. The fraction of sp³-hybridized carbons (Fsp3) is 0.765. The van der Waals surface area contributed by atoms with Gasteiger partial charge in [0.05, 0.1) is 25.0 Å². The number of amides is 1. The highest BCUT2D eigenvalue weighted by Crippen LogP contribution is 2.49. The van der Waals surface area contributed by atoms with Crippen LogP contribution in [-0.4, -0.2) is 70.7 Å². The topological polar surface area (TPSA) is 50.6 Å². The van der Waals surface area contributed by atoms with Crippen molar-refractivity contribution in [1.82, 2.24) is 19.4 Å². The first kappa shape index (κ1) is 15.1. The summed E-state index contributed by atoms with van der Waals surface area (Å²) in [7, 11) is 0. The minimum atomic E-state index is -0.146. The summed E-state index contributed by atoms with van der Waals surface area (Å²) in [5, 5.41) is 0. The van der Waals surface area contributed by atoms with Crippen molar-refractivity contribution in [2.75, 3.05) is 39.4 Å². The molecule has 0 spiro atoms. The lowest BCUT2D eigenvalue weighted by Crippen LogP contribution is -2.51. The molecule has 6 heteroatoms. The van der Waals surface area contributed by atoms with Crippen molar-refractivity contribution in [2.45, 2.75) is 38.3 Å². The molecular weight excluding hydrogens is 292 g/mol.